The summed E-state index contributed by atoms with van der Waals surface area (Å²) in [5.74, 6) is 0.925. The highest BCUT2D eigenvalue weighted by Gasteiger charge is 2.46. The van der Waals surface area contributed by atoms with E-state index in [1.807, 2.05) is 25.1 Å². The van der Waals surface area contributed by atoms with Crippen molar-refractivity contribution in [1.82, 2.24) is 5.32 Å². The molecule has 1 N–H and O–H groups in total. The molecule has 2 aromatic carbocycles. The van der Waals surface area contributed by atoms with Crippen molar-refractivity contribution in [3.8, 4) is 11.5 Å². The summed E-state index contributed by atoms with van der Waals surface area (Å²) in [7, 11) is 0. The molecule has 0 amide bonds. The zero-order chi connectivity index (χ0) is 29.0. The third-order valence-corrected chi connectivity index (χ3v) is 9.16. The Hall–Kier alpha value is -2.03. The van der Waals surface area contributed by atoms with E-state index in [0.717, 1.165) is 38.9 Å². The van der Waals surface area contributed by atoms with Crippen molar-refractivity contribution >= 4 is 57.4 Å². The number of ketones is 2. The van der Waals surface area contributed by atoms with E-state index in [1.54, 1.807) is 12.1 Å². The molecular weight excluding hydrogens is 660 g/mol. The highest BCUT2D eigenvalue weighted by atomic mass is 127. The predicted molar refractivity (Wildman–Crippen MR) is 167 cm³/mol. The lowest BCUT2D eigenvalue weighted by Gasteiger charge is -2.44. The Morgan fingerprint density at radius 2 is 1.50 bits per heavy atom. The Bertz CT molecular complexity index is 1420. The second-order valence-electron chi connectivity index (χ2n) is 12.5. The zero-order valence-corrected chi connectivity index (χ0v) is 27.1. The fraction of sp³-hybridized carbons (Fsp3) is 0.438. The van der Waals surface area contributed by atoms with Crippen LogP contribution in [0.25, 0.3) is 0 Å². The van der Waals surface area contributed by atoms with E-state index in [9.17, 15) is 9.59 Å². The third-order valence-electron chi connectivity index (χ3n) is 7.77. The van der Waals surface area contributed by atoms with Gasteiger partial charge in [0.25, 0.3) is 0 Å². The van der Waals surface area contributed by atoms with Crippen molar-refractivity contribution in [2.75, 3.05) is 6.61 Å². The molecule has 212 valence electrons. The number of allylic oxidation sites excluding steroid dienone is 4. The largest absolute Gasteiger partial charge is 0.490 e. The van der Waals surface area contributed by atoms with Crippen LogP contribution in [0.4, 0.5) is 0 Å². The summed E-state index contributed by atoms with van der Waals surface area (Å²) in [6.45, 7) is 11.1. The van der Waals surface area contributed by atoms with Crippen LogP contribution >= 0.6 is 45.8 Å². The number of halogens is 3. The van der Waals surface area contributed by atoms with Crippen LogP contribution in [-0.2, 0) is 16.2 Å². The van der Waals surface area contributed by atoms with Gasteiger partial charge < -0.3 is 14.8 Å². The van der Waals surface area contributed by atoms with Crippen LogP contribution in [0.5, 0.6) is 11.5 Å². The molecule has 3 aliphatic rings. The molecule has 0 fully saturated rings. The van der Waals surface area contributed by atoms with Crippen molar-refractivity contribution in [3.63, 3.8) is 0 Å². The Kier molecular flexibility index (Phi) is 8.10. The van der Waals surface area contributed by atoms with Crippen LogP contribution in [0.3, 0.4) is 0 Å². The average Bonchev–Trinajstić information content (AvgIpc) is 2.81. The van der Waals surface area contributed by atoms with Crippen molar-refractivity contribution < 1.29 is 19.1 Å². The molecular formula is C32H34Cl2INO4. The lowest BCUT2D eigenvalue weighted by Crippen LogP contribution is -2.42. The van der Waals surface area contributed by atoms with Crippen LogP contribution in [0.15, 0.2) is 52.9 Å². The first-order chi connectivity index (χ1) is 18.8. The molecule has 8 heteroatoms. The van der Waals surface area contributed by atoms with Gasteiger partial charge in [-0.15, -0.1) is 0 Å². The molecule has 0 atom stereocenters. The number of benzene rings is 2. The molecule has 0 bridgehead atoms. The van der Waals surface area contributed by atoms with Gasteiger partial charge in [-0.1, -0.05) is 57.0 Å². The zero-order valence-electron chi connectivity index (χ0n) is 23.5. The molecule has 0 radical (unpaired) electrons. The van der Waals surface area contributed by atoms with E-state index in [4.69, 9.17) is 32.7 Å². The molecule has 5 nitrogen and oxygen atoms in total. The number of carbonyl (C=O) groups excluding carboxylic acids is 2. The topological polar surface area (TPSA) is 64.6 Å². The Balaban J connectivity index is 1.61. The quantitative estimate of drug-likeness (QED) is 0.307. The second-order valence-corrected chi connectivity index (χ2v) is 14.5. The third kappa shape index (κ3) is 5.82. The average molecular weight is 694 g/mol. The smallest absolute Gasteiger partial charge is 0.174 e. The number of hydrogen-bond acceptors (Lipinski definition) is 5. The monoisotopic (exact) mass is 693 g/mol. The molecule has 0 saturated carbocycles. The molecule has 0 saturated heterocycles. The SMILES string of the molecule is CCOc1cc(C2C3=C(CC(C)(C)CC3=O)NC3=C2C(=O)CC(C)(C)C3)cc(I)c1OCc1ccc(Cl)cc1Cl. The van der Waals surface area contributed by atoms with Gasteiger partial charge in [0.15, 0.2) is 23.1 Å². The summed E-state index contributed by atoms with van der Waals surface area (Å²) >= 11 is 14.7. The van der Waals surface area contributed by atoms with Gasteiger partial charge in [0.05, 0.1) is 10.2 Å². The Labute approximate surface area is 259 Å². The number of nitrogens with one attached hydrogen (secondary N) is 1. The molecule has 1 heterocycles. The second kappa shape index (κ2) is 11.0. The van der Waals surface area contributed by atoms with Gasteiger partial charge >= 0.3 is 0 Å². The molecule has 0 spiro atoms. The molecule has 0 unspecified atom stereocenters. The maximum atomic E-state index is 13.7. The van der Waals surface area contributed by atoms with Crippen LogP contribution in [0.1, 0.15) is 77.3 Å². The fourth-order valence-corrected chi connectivity index (χ4v) is 7.41. The molecule has 40 heavy (non-hydrogen) atoms. The van der Waals surface area contributed by atoms with E-state index >= 15 is 0 Å². The fourth-order valence-electron chi connectivity index (χ4n) is 6.17. The minimum Gasteiger partial charge on any atom is -0.490 e. The lowest BCUT2D eigenvalue weighted by atomic mass is 9.64. The summed E-state index contributed by atoms with van der Waals surface area (Å²) in [4.78, 5) is 27.4. The number of carbonyl (C=O) groups is 2. The number of dihydropyridines is 1. The first kappa shape index (κ1) is 29.5. The van der Waals surface area contributed by atoms with Crippen molar-refractivity contribution in [1.29, 1.82) is 0 Å². The van der Waals surface area contributed by atoms with Gasteiger partial charge in [-0.25, -0.2) is 0 Å². The number of rotatable bonds is 6. The molecule has 0 aromatic heterocycles. The minimum absolute atomic E-state index is 0.0959. The van der Waals surface area contributed by atoms with E-state index in [2.05, 4.69) is 55.6 Å². The van der Waals surface area contributed by atoms with Gasteiger partial charge in [0, 0.05) is 56.9 Å². The molecule has 2 aromatic rings. The first-order valence-electron chi connectivity index (χ1n) is 13.6. The van der Waals surface area contributed by atoms with E-state index < -0.39 is 5.92 Å². The normalized spacial score (nSPS) is 20.2. The summed E-state index contributed by atoms with van der Waals surface area (Å²) < 4.78 is 13.2. The maximum absolute atomic E-state index is 13.7. The first-order valence-corrected chi connectivity index (χ1v) is 15.4. The van der Waals surface area contributed by atoms with Crippen LogP contribution in [-0.4, -0.2) is 18.2 Å². The predicted octanol–water partition coefficient (Wildman–Crippen LogP) is 8.55. The number of ether oxygens (including phenoxy) is 2. The molecule has 2 aliphatic carbocycles. The minimum atomic E-state index is -0.439. The summed E-state index contributed by atoms with van der Waals surface area (Å²) in [5.41, 5.74) is 4.70. The highest BCUT2D eigenvalue weighted by Crippen LogP contribution is 2.52. The Morgan fingerprint density at radius 3 is 2.05 bits per heavy atom. The Morgan fingerprint density at radius 1 is 0.900 bits per heavy atom. The van der Waals surface area contributed by atoms with Gasteiger partial charge in [-0.05, 0) is 83.0 Å². The molecule has 5 rings (SSSR count). The highest BCUT2D eigenvalue weighted by molar-refractivity contribution is 14.1. The summed E-state index contributed by atoms with van der Waals surface area (Å²) in [5, 5.41) is 4.67. The standard InChI is InChI=1S/C32H34Cl2INO4/c1-6-39-26-10-18(9-21(35)30(26)40-16-17-7-8-19(33)11-20(17)34)27-28-22(12-31(2,3)14-24(28)37)36-23-13-32(4,5)15-25(38)29(23)27/h7-11,27,36H,6,12-16H2,1-5H3. The summed E-state index contributed by atoms with van der Waals surface area (Å²) in [6, 6.07) is 9.28. The van der Waals surface area contributed by atoms with E-state index in [0.29, 0.717) is 52.1 Å². The number of Topliss-reactive ketones (excluding diaryl/α,β-unsaturated/α-hetero) is 2. The van der Waals surface area contributed by atoms with Gasteiger partial charge in [0.2, 0.25) is 0 Å². The lowest BCUT2D eigenvalue weighted by molar-refractivity contribution is -0.119. The van der Waals surface area contributed by atoms with Crippen LogP contribution in [0, 0.1) is 14.4 Å². The summed E-state index contributed by atoms with van der Waals surface area (Å²) in [6.07, 6.45) is 2.42. The van der Waals surface area contributed by atoms with E-state index in [1.165, 1.54) is 0 Å². The molecule has 1 aliphatic heterocycles. The van der Waals surface area contributed by atoms with Crippen molar-refractivity contribution in [2.45, 2.75) is 72.8 Å². The van der Waals surface area contributed by atoms with Gasteiger partial charge in [0.1, 0.15) is 6.61 Å². The van der Waals surface area contributed by atoms with Crippen LogP contribution < -0.4 is 14.8 Å². The number of hydrogen-bond donors (Lipinski definition) is 1. The van der Waals surface area contributed by atoms with E-state index in [-0.39, 0.29) is 29.0 Å². The van der Waals surface area contributed by atoms with Crippen LogP contribution in [0.2, 0.25) is 10.0 Å². The van der Waals surface area contributed by atoms with Gasteiger partial charge in [-0.2, -0.15) is 0 Å². The van der Waals surface area contributed by atoms with Gasteiger partial charge in [-0.3, -0.25) is 9.59 Å². The van der Waals surface area contributed by atoms with Crippen molar-refractivity contribution in [2.24, 2.45) is 10.8 Å². The maximum Gasteiger partial charge on any atom is 0.174 e. The van der Waals surface area contributed by atoms with Crippen molar-refractivity contribution in [3.05, 3.63) is 77.6 Å².